The van der Waals surface area contributed by atoms with Gasteiger partial charge in [-0.25, -0.2) is 4.68 Å². The zero-order chi connectivity index (χ0) is 17.0. The molecule has 25 heavy (non-hydrogen) atoms. The number of amides is 1. The maximum absolute atomic E-state index is 13.1. The molecule has 4 fully saturated rings. The van der Waals surface area contributed by atoms with Gasteiger partial charge in [-0.05, 0) is 86.1 Å². The van der Waals surface area contributed by atoms with E-state index < -0.39 is 0 Å². The molecule has 0 saturated heterocycles. The molecule has 0 atom stereocenters. The normalized spacial score (nSPS) is 32.8. The van der Waals surface area contributed by atoms with Crippen molar-refractivity contribution in [1.29, 1.82) is 0 Å². The molecule has 0 radical (unpaired) electrons. The van der Waals surface area contributed by atoms with Crippen LogP contribution in [0.4, 0.5) is 0 Å². The molecule has 4 saturated carbocycles. The van der Waals surface area contributed by atoms with Crippen molar-refractivity contribution < 1.29 is 4.79 Å². The van der Waals surface area contributed by atoms with E-state index in [1.807, 2.05) is 48.3 Å². The Morgan fingerprint density at radius 1 is 1.04 bits per heavy atom. The predicted octanol–water partition coefficient (Wildman–Crippen LogP) is 3.77. The van der Waals surface area contributed by atoms with Gasteiger partial charge in [-0.15, -0.1) is 0 Å². The van der Waals surface area contributed by atoms with Gasteiger partial charge in [0.15, 0.2) is 0 Å². The lowest BCUT2D eigenvalue weighted by molar-refractivity contribution is -0.0491. The Bertz CT molecular complexity index is 737. The van der Waals surface area contributed by atoms with Gasteiger partial charge in [-0.3, -0.25) is 4.79 Å². The molecule has 1 aromatic heterocycles. The number of hydrogen-bond acceptors (Lipinski definition) is 2. The molecule has 0 N–H and O–H groups in total. The van der Waals surface area contributed by atoms with Crippen molar-refractivity contribution in [3.8, 4) is 5.69 Å². The Morgan fingerprint density at radius 2 is 1.68 bits per heavy atom. The standard InChI is InChI=1S/C21H25N3O/c1-23(20-17-10-14-9-15(12-17)13-18(20)11-14)21(25)16-3-5-19(6-4-16)24-8-2-7-22-24/h2-8,14-15,17-18,20H,9-13H2,1H3. The van der Waals surface area contributed by atoms with Crippen molar-refractivity contribution in [2.45, 2.75) is 38.1 Å². The Hall–Kier alpha value is -2.10. The van der Waals surface area contributed by atoms with E-state index in [2.05, 4.69) is 10.00 Å². The molecule has 2 aromatic rings. The van der Waals surface area contributed by atoms with Gasteiger partial charge < -0.3 is 4.90 Å². The van der Waals surface area contributed by atoms with Crippen LogP contribution in [0.25, 0.3) is 5.69 Å². The Labute approximate surface area is 148 Å². The third-order valence-electron chi connectivity index (χ3n) is 6.83. The summed E-state index contributed by atoms with van der Waals surface area (Å²) in [6, 6.07) is 10.2. The first kappa shape index (κ1) is 15.2. The lowest BCUT2D eigenvalue weighted by atomic mass is 9.54. The largest absolute Gasteiger partial charge is 0.338 e. The molecule has 130 valence electrons. The van der Waals surface area contributed by atoms with Gasteiger partial charge >= 0.3 is 0 Å². The summed E-state index contributed by atoms with van der Waals surface area (Å²) >= 11 is 0. The van der Waals surface area contributed by atoms with Crippen molar-refractivity contribution in [3.05, 3.63) is 48.3 Å². The smallest absolute Gasteiger partial charge is 0.253 e. The lowest BCUT2D eigenvalue weighted by Gasteiger charge is -2.56. The maximum Gasteiger partial charge on any atom is 0.253 e. The van der Waals surface area contributed by atoms with E-state index in [0.29, 0.717) is 6.04 Å². The molecule has 0 spiro atoms. The second kappa shape index (κ2) is 5.72. The van der Waals surface area contributed by atoms with E-state index >= 15 is 0 Å². The Kier molecular flexibility index (Phi) is 3.47. The number of nitrogens with zero attached hydrogens (tertiary/aromatic N) is 3. The van der Waals surface area contributed by atoms with Gasteiger partial charge in [0.2, 0.25) is 0 Å². The fourth-order valence-corrected chi connectivity index (χ4v) is 6.05. The minimum Gasteiger partial charge on any atom is -0.338 e. The molecule has 4 heteroatoms. The van der Waals surface area contributed by atoms with Crippen LogP contribution in [0.15, 0.2) is 42.7 Å². The maximum atomic E-state index is 13.1. The van der Waals surface area contributed by atoms with Crippen molar-refractivity contribution in [1.82, 2.24) is 14.7 Å². The minimum absolute atomic E-state index is 0.171. The first-order valence-corrected chi connectivity index (χ1v) is 9.56. The number of rotatable bonds is 3. The first-order valence-electron chi connectivity index (χ1n) is 9.56. The van der Waals surface area contributed by atoms with Gasteiger partial charge in [-0.1, -0.05) is 0 Å². The number of benzene rings is 1. The van der Waals surface area contributed by atoms with E-state index in [1.54, 1.807) is 6.20 Å². The summed E-state index contributed by atoms with van der Waals surface area (Å²) in [5.41, 5.74) is 1.77. The second-order valence-corrected chi connectivity index (χ2v) is 8.33. The molecule has 0 unspecified atom stereocenters. The average molecular weight is 335 g/mol. The molecule has 1 aromatic carbocycles. The van der Waals surface area contributed by atoms with Crippen LogP contribution in [0.1, 0.15) is 42.5 Å². The monoisotopic (exact) mass is 335 g/mol. The van der Waals surface area contributed by atoms with Crippen molar-refractivity contribution >= 4 is 5.91 Å². The van der Waals surface area contributed by atoms with Gasteiger partial charge in [0.25, 0.3) is 5.91 Å². The first-order chi connectivity index (χ1) is 12.2. The summed E-state index contributed by atoms with van der Waals surface area (Å²) < 4.78 is 1.82. The number of aromatic nitrogens is 2. The molecule has 4 aliphatic rings. The quantitative estimate of drug-likeness (QED) is 0.856. The van der Waals surface area contributed by atoms with Crippen LogP contribution in [-0.4, -0.2) is 33.7 Å². The molecule has 0 aliphatic heterocycles. The summed E-state index contributed by atoms with van der Waals surface area (Å²) in [4.78, 5) is 15.1. The second-order valence-electron chi connectivity index (χ2n) is 8.33. The highest BCUT2D eigenvalue weighted by atomic mass is 16.2. The van der Waals surface area contributed by atoms with Gasteiger partial charge in [0.05, 0.1) is 5.69 Å². The van der Waals surface area contributed by atoms with E-state index in [0.717, 1.165) is 34.9 Å². The number of carbonyl (C=O) groups excluding carboxylic acids is 1. The van der Waals surface area contributed by atoms with E-state index in [4.69, 9.17) is 0 Å². The van der Waals surface area contributed by atoms with Crippen LogP contribution in [0.3, 0.4) is 0 Å². The van der Waals surface area contributed by atoms with E-state index in [9.17, 15) is 4.79 Å². The molecule has 6 rings (SSSR count). The van der Waals surface area contributed by atoms with E-state index in [1.165, 1.54) is 32.1 Å². The fraction of sp³-hybridized carbons (Fsp3) is 0.524. The summed E-state index contributed by atoms with van der Waals surface area (Å²) in [5.74, 6) is 3.51. The zero-order valence-electron chi connectivity index (χ0n) is 14.7. The minimum atomic E-state index is 0.171. The molecule has 4 nitrogen and oxygen atoms in total. The molecule has 1 amide bonds. The van der Waals surface area contributed by atoms with Gasteiger partial charge in [0, 0.05) is 31.0 Å². The number of carbonyl (C=O) groups is 1. The molecule has 1 heterocycles. The van der Waals surface area contributed by atoms with Gasteiger partial charge in [-0.2, -0.15) is 5.10 Å². The molecular weight excluding hydrogens is 310 g/mol. The predicted molar refractivity (Wildman–Crippen MR) is 96.5 cm³/mol. The highest BCUT2D eigenvalue weighted by Crippen LogP contribution is 2.55. The van der Waals surface area contributed by atoms with Crippen LogP contribution < -0.4 is 0 Å². The van der Waals surface area contributed by atoms with Crippen molar-refractivity contribution in [3.63, 3.8) is 0 Å². The van der Waals surface area contributed by atoms with Crippen LogP contribution in [0, 0.1) is 23.7 Å². The average Bonchev–Trinajstić information content (AvgIpc) is 3.15. The van der Waals surface area contributed by atoms with Gasteiger partial charge in [0.1, 0.15) is 0 Å². The van der Waals surface area contributed by atoms with Crippen molar-refractivity contribution in [2.75, 3.05) is 7.05 Å². The summed E-state index contributed by atoms with van der Waals surface area (Å²) in [5, 5.41) is 4.24. The number of hydrogen-bond donors (Lipinski definition) is 0. The highest BCUT2D eigenvalue weighted by Gasteiger charge is 2.50. The highest BCUT2D eigenvalue weighted by molar-refractivity contribution is 5.94. The molecular formula is C21H25N3O. The Balaban J connectivity index is 1.35. The van der Waals surface area contributed by atoms with Crippen LogP contribution in [0.5, 0.6) is 0 Å². The third-order valence-corrected chi connectivity index (χ3v) is 6.83. The SMILES string of the molecule is CN(C(=O)c1ccc(-n2cccn2)cc1)C1C2CC3CC(C2)CC1C3. The van der Waals surface area contributed by atoms with Crippen molar-refractivity contribution in [2.24, 2.45) is 23.7 Å². The third kappa shape index (κ3) is 2.50. The topological polar surface area (TPSA) is 38.1 Å². The van der Waals surface area contributed by atoms with E-state index in [-0.39, 0.29) is 5.91 Å². The van der Waals surface area contributed by atoms with Crippen LogP contribution in [-0.2, 0) is 0 Å². The van der Waals surface area contributed by atoms with Crippen LogP contribution in [0.2, 0.25) is 0 Å². The molecule has 4 aliphatic carbocycles. The van der Waals surface area contributed by atoms with Crippen LogP contribution >= 0.6 is 0 Å². The fourth-order valence-electron chi connectivity index (χ4n) is 6.05. The summed E-state index contributed by atoms with van der Waals surface area (Å²) in [6.07, 6.45) is 10.5. The Morgan fingerprint density at radius 3 is 2.24 bits per heavy atom. The summed E-state index contributed by atoms with van der Waals surface area (Å²) in [6.45, 7) is 0. The molecule has 4 bridgehead atoms. The zero-order valence-corrected chi connectivity index (χ0v) is 14.7. The lowest BCUT2D eigenvalue weighted by Crippen LogP contribution is -2.56. The summed E-state index contributed by atoms with van der Waals surface area (Å²) in [7, 11) is 2.02.